The van der Waals surface area contributed by atoms with Gasteiger partial charge in [-0.3, -0.25) is 0 Å². The van der Waals surface area contributed by atoms with Gasteiger partial charge in [0.1, 0.15) is 0 Å². The zero-order valence-electron chi connectivity index (χ0n) is 24.3. The molecule has 204 valence electrons. The molecule has 5 heterocycles. The Kier molecular flexibility index (Phi) is 6.18. The number of H-pyrrole nitrogens is 1. The van der Waals surface area contributed by atoms with Crippen molar-refractivity contribution in [2.24, 2.45) is 0 Å². The van der Waals surface area contributed by atoms with E-state index in [-0.39, 0.29) is 19.5 Å². The van der Waals surface area contributed by atoms with E-state index in [4.69, 9.17) is 9.97 Å². The first-order chi connectivity index (χ1) is 21.1. The number of benzene rings is 4. The van der Waals surface area contributed by atoms with Crippen LogP contribution in [0, 0.1) is 6.92 Å². The number of nitrogens with zero attached hydrogens (tertiary/aromatic N) is 3. The van der Waals surface area contributed by atoms with Crippen LogP contribution in [0.15, 0.2) is 109 Å². The van der Waals surface area contributed by atoms with E-state index >= 15 is 0 Å². The molecule has 0 fully saturated rings. The van der Waals surface area contributed by atoms with Gasteiger partial charge in [0.15, 0.2) is 0 Å². The Bertz CT molecular complexity index is 2440. The Hall–Kier alpha value is -5.12. The average molecular weight is 616 g/mol. The van der Waals surface area contributed by atoms with Crippen LogP contribution < -0.4 is 0 Å². The molecule has 5 heteroatoms. The van der Waals surface area contributed by atoms with Crippen molar-refractivity contribution in [2.75, 3.05) is 0 Å². The molecular formula is C39H26N4Zn. The van der Waals surface area contributed by atoms with E-state index < -0.39 is 0 Å². The molecule has 9 rings (SSSR count). The first-order valence-corrected chi connectivity index (χ1v) is 14.6. The molecule has 0 saturated heterocycles. The molecular weight excluding hydrogens is 590 g/mol. The first kappa shape index (κ1) is 26.5. The predicted molar refractivity (Wildman–Crippen MR) is 181 cm³/mol. The summed E-state index contributed by atoms with van der Waals surface area (Å²) < 4.78 is 2.38. The van der Waals surface area contributed by atoms with Crippen molar-refractivity contribution >= 4 is 78.7 Å². The Morgan fingerprint density at radius 2 is 1.07 bits per heavy atom. The molecule has 0 spiro atoms. The fourth-order valence-corrected chi connectivity index (χ4v) is 6.50. The minimum absolute atomic E-state index is 0. The molecule has 2 aliphatic rings. The molecule has 7 aromatic rings. The monoisotopic (exact) mass is 614 g/mol. The van der Waals surface area contributed by atoms with Crippen LogP contribution >= 0.6 is 0 Å². The van der Waals surface area contributed by atoms with Gasteiger partial charge in [-0.25, -0.2) is 9.97 Å². The van der Waals surface area contributed by atoms with Crippen LogP contribution in [0.25, 0.3) is 84.4 Å². The molecule has 0 aliphatic carbocycles. The van der Waals surface area contributed by atoms with Gasteiger partial charge in [-0.1, -0.05) is 48.5 Å². The van der Waals surface area contributed by atoms with Gasteiger partial charge in [-0.15, -0.1) is 0 Å². The van der Waals surface area contributed by atoms with E-state index in [2.05, 4.69) is 150 Å². The van der Waals surface area contributed by atoms with Gasteiger partial charge in [-0.05, 0) is 124 Å². The summed E-state index contributed by atoms with van der Waals surface area (Å²) in [7, 11) is 0. The first-order valence-electron chi connectivity index (χ1n) is 14.6. The second-order valence-electron chi connectivity index (χ2n) is 11.4. The number of nitrogens with one attached hydrogen (secondary N) is 1. The van der Waals surface area contributed by atoms with E-state index in [0.717, 1.165) is 44.8 Å². The quantitative estimate of drug-likeness (QED) is 0.113. The summed E-state index contributed by atoms with van der Waals surface area (Å²) in [5, 5.41) is 7.43. The number of aromatic nitrogens is 4. The standard InChI is InChI=1S/C39H26N4.Zn/c1-24-6-7-25-8-9-28-18-26-4-2-3-5-27(26)19-37(28)38(25)39(24)43-35-16-17-36(43)23-34-15-13-32(42-34)21-30-11-10-29(40-30)20-31-12-14-33(22-35)41-31;/h2-23,40H,1H3;. The van der Waals surface area contributed by atoms with E-state index in [1.54, 1.807) is 0 Å². The van der Waals surface area contributed by atoms with Gasteiger partial charge in [0, 0.05) is 46.9 Å². The maximum absolute atomic E-state index is 4.94. The van der Waals surface area contributed by atoms with Crippen molar-refractivity contribution in [1.29, 1.82) is 0 Å². The van der Waals surface area contributed by atoms with E-state index in [1.165, 1.54) is 43.6 Å². The molecule has 4 aromatic carbocycles. The van der Waals surface area contributed by atoms with Crippen molar-refractivity contribution in [1.82, 2.24) is 19.5 Å². The van der Waals surface area contributed by atoms with Gasteiger partial charge in [-0.2, -0.15) is 0 Å². The van der Waals surface area contributed by atoms with Gasteiger partial charge >= 0.3 is 0 Å². The molecule has 4 nitrogen and oxygen atoms in total. The fraction of sp³-hybridized carbons (Fsp3) is 0.0256. The largest absolute Gasteiger partial charge is 0.355 e. The fourth-order valence-electron chi connectivity index (χ4n) is 6.50. The molecule has 2 aliphatic heterocycles. The van der Waals surface area contributed by atoms with Gasteiger partial charge in [0.2, 0.25) is 0 Å². The Labute approximate surface area is 266 Å². The smallest absolute Gasteiger partial charge is 0.0658 e. The van der Waals surface area contributed by atoms with Crippen LogP contribution in [0.4, 0.5) is 0 Å². The van der Waals surface area contributed by atoms with Crippen LogP contribution in [0.2, 0.25) is 0 Å². The van der Waals surface area contributed by atoms with Crippen molar-refractivity contribution < 1.29 is 19.5 Å². The number of aromatic amines is 1. The van der Waals surface area contributed by atoms with E-state index in [0.29, 0.717) is 0 Å². The number of fused-ring (bicyclic) bond motifs is 12. The van der Waals surface area contributed by atoms with Gasteiger partial charge < -0.3 is 9.55 Å². The van der Waals surface area contributed by atoms with Crippen molar-refractivity contribution in [3.8, 4) is 5.69 Å². The van der Waals surface area contributed by atoms with E-state index in [1.807, 2.05) is 0 Å². The Balaban J connectivity index is 0.00000289. The molecule has 0 atom stereocenters. The molecule has 8 bridgehead atoms. The third kappa shape index (κ3) is 4.40. The Morgan fingerprint density at radius 1 is 0.523 bits per heavy atom. The molecule has 44 heavy (non-hydrogen) atoms. The minimum Gasteiger partial charge on any atom is -0.355 e. The molecule has 0 unspecified atom stereocenters. The Morgan fingerprint density at radius 3 is 1.70 bits per heavy atom. The van der Waals surface area contributed by atoms with Crippen LogP contribution in [-0.4, -0.2) is 19.5 Å². The number of rotatable bonds is 1. The molecule has 1 N–H and O–H groups in total. The third-order valence-electron chi connectivity index (χ3n) is 8.50. The van der Waals surface area contributed by atoms with Gasteiger partial charge in [0.25, 0.3) is 0 Å². The van der Waals surface area contributed by atoms with E-state index in [9.17, 15) is 0 Å². The molecule has 0 saturated carbocycles. The molecule has 0 amide bonds. The maximum Gasteiger partial charge on any atom is 0.0658 e. The number of hydrogen-bond acceptors (Lipinski definition) is 2. The topological polar surface area (TPSA) is 46.5 Å². The van der Waals surface area contributed by atoms with Crippen LogP contribution in [-0.2, 0) is 19.5 Å². The van der Waals surface area contributed by atoms with Crippen molar-refractivity contribution in [2.45, 2.75) is 6.92 Å². The third-order valence-corrected chi connectivity index (χ3v) is 8.50. The van der Waals surface area contributed by atoms with Gasteiger partial charge in [0.05, 0.1) is 28.5 Å². The predicted octanol–water partition coefficient (Wildman–Crippen LogP) is 9.88. The summed E-state index contributed by atoms with van der Waals surface area (Å²) in [5.74, 6) is 0. The zero-order chi connectivity index (χ0) is 28.5. The summed E-state index contributed by atoms with van der Waals surface area (Å²) in [6, 6.07) is 39.3. The second kappa shape index (κ2) is 10.3. The summed E-state index contributed by atoms with van der Waals surface area (Å²) in [6.45, 7) is 2.21. The summed E-state index contributed by atoms with van der Waals surface area (Å²) in [5.41, 5.74) is 10.2. The summed E-state index contributed by atoms with van der Waals surface area (Å²) in [6.07, 6.45) is 8.31. The SMILES string of the molecule is Cc1ccc2ccc3cc4ccccc4cc3c2c1-n1c2ccc1cc1nc(cc3ccc(cc4nc(c2)C=C4)[nH]3)C=C1.[Zn]. The molecule has 3 aromatic heterocycles. The zero-order valence-corrected chi connectivity index (χ0v) is 27.2. The normalized spacial score (nSPS) is 12.3. The number of hydrogen-bond donors (Lipinski definition) is 1. The van der Waals surface area contributed by atoms with Crippen LogP contribution in [0.1, 0.15) is 28.3 Å². The van der Waals surface area contributed by atoms with Crippen LogP contribution in [0.3, 0.4) is 0 Å². The van der Waals surface area contributed by atoms with Crippen molar-refractivity contribution in [3.63, 3.8) is 0 Å². The van der Waals surface area contributed by atoms with Crippen molar-refractivity contribution in [3.05, 3.63) is 138 Å². The average Bonchev–Trinajstić information content (AvgIpc) is 3.82. The minimum atomic E-state index is 0. The van der Waals surface area contributed by atoms with Crippen LogP contribution in [0.5, 0.6) is 0 Å². The second-order valence-corrected chi connectivity index (χ2v) is 11.4. The summed E-state index contributed by atoms with van der Waals surface area (Å²) in [4.78, 5) is 13.3. The number of aryl methyl sites for hydroxylation is 1. The summed E-state index contributed by atoms with van der Waals surface area (Å²) >= 11 is 0. The maximum atomic E-state index is 4.94. The molecule has 0 radical (unpaired) electrons.